The molecule has 118 valence electrons. The summed E-state index contributed by atoms with van der Waals surface area (Å²) in [6, 6.07) is 20.0. The lowest BCUT2D eigenvalue weighted by Gasteiger charge is -2.09. The van der Waals surface area contributed by atoms with Crippen LogP contribution in [-0.4, -0.2) is 21.4 Å². The van der Waals surface area contributed by atoms with Crippen LogP contribution in [0.2, 0.25) is 0 Å². The summed E-state index contributed by atoms with van der Waals surface area (Å²) in [5.74, 6) is 2.09. The average molecular weight is 326 g/mol. The summed E-state index contributed by atoms with van der Waals surface area (Å²) in [7, 11) is 0. The largest absolute Gasteiger partial charge is 0.492 e. The maximum atomic E-state index is 5.91. The SMILES string of the molecule is Nc1nnc(SCc2ccccc2)n1CCOc1ccccc1. The number of nitrogens with zero attached hydrogens (tertiary/aromatic N) is 3. The summed E-state index contributed by atoms with van der Waals surface area (Å²) in [5.41, 5.74) is 7.15. The number of thioether (sulfide) groups is 1. The summed E-state index contributed by atoms with van der Waals surface area (Å²) in [6.45, 7) is 1.13. The smallest absolute Gasteiger partial charge is 0.222 e. The van der Waals surface area contributed by atoms with E-state index in [2.05, 4.69) is 22.3 Å². The van der Waals surface area contributed by atoms with Crippen molar-refractivity contribution in [3.05, 3.63) is 66.2 Å². The van der Waals surface area contributed by atoms with Crippen LogP contribution in [0, 0.1) is 0 Å². The van der Waals surface area contributed by atoms with E-state index in [0.29, 0.717) is 19.1 Å². The fourth-order valence-electron chi connectivity index (χ4n) is 2.11. The second-order valence-corrected chi connectivity index (χ2v) is 5.87. The van der Waals surface area contributed by atoms with Gasteiger partial charge in [0.25, 0.3) is 0 Å². The fraction of sp³-hybridized carbons (Fsp3) is 0.176. The zero-order valence-corrected chi connectivity index (χ0v) is 13.4. The van der Waals surface area contributed by atoms with Gasteiger partial charge in [-0.25, -0.2) is 0 Å². The number of nitrogens with two attached hydrogens (primary N) is 1. The van der Waals surface area contributed by atoms with E-state index < -0.39 is 0 Å². The van der Waals surface area contributed by atoms with Crippen molar-refractivity contribution in [3.63, 3.8) is 0 Å². The van der Waals surface area contributed by atoms with E-state index >= 15 is 0 Å². The van der Waals surface area contributed by atoms with Gasteiger partial charge in [0.2, 0.25) is 5.95 Å². The summed E-state index contributed by atoms with van der Waals surface area (Å²) in [6.07, 6.45) is 0. The molecule has 0 aliphatic rings. The highest BCUT2D eigenvalue weighted by Crippen LogP contribution is 2.22. The van der Waals surface area contributed by atoms with E-state index in [0.717, 1.165) is 16.7 Å². The minimum Gasteiger partial charge on any atom is -0.492 e. The third-order valence-corrected chi connectivity index (χ3v) is 4.32. The molecule has 0 saturated carbocycles. The number of aromatic nitrogens is 3. The van der Waals surface area contributed by atoms with E-state index in [-0.39, 0.29) is 0 Å². The molecule has 3 rings (SSSR count). The molecule has 0 fully saturated rings. The Bertz CT molecular complexity index is 731. The molecular weight excluding hydrogens is 308 g/mol. The summed E-state index contributed by atoms with van der Waals surface area (Å²) in [4.78, 5) is 0. The lowest BCUT2D eigenvalue weighted by atomic mass is 10.2. The molecule has 0 aliphatic heterocycles. The molecule has 2 aromatic carbocycles. The molecule has 1 heterocycles. The van der Waals surface area contributed by atoms with Crippen LogP contribution in [0.4, 0.5) is 5.95 Å². The Morgan fingerprint density at radius 2 is 1.65 bits per heavy atom. The molecule has 2 N–H and O–H groups in total. The van der Waals surface area contributed by atoms with Gasteiger partial charge in [-0.15, -0.1) is 10.2 Å². The van der Waals surface area contributed by atoms with Crippen molar-refractivity contribution in [2.24, 2.45) is 0 Å². The van der Waals surface area contributed by atoms with Gasteiger partial charge in [0.05, 0.1) is 6.54 Å². The number of para-hydroxylation sites is 1. The minimum absolute atomic E-state index is 0.414. The number of rotatable bonds is 7. The number of hydrogen-bond acceptors (Lipinski definition) is 5. The number of anilines is 1. The van der Waals surface area contributed by atoms with Crippen molar-refractivity contribution in [1.29, 1.82) is 0 Å². The maximum absolute atomic E-state index is 5.91. The number of ether oxygens (including phenoxy) is 1. The predicted octanol–water partition coefficient (Wildman–Crippen LogP) is 3.23. The van der Waals surface area contributed by atoms with E-state index in [1.54, 1.807) is 11.8 Å². The average Bonchev–Trinajstić information content (AvgIpc) is 2.95. The van der Waals surface area contributed by atoms with E-state index in [9.17, 15) is 0 Å². The van der Waals surface area contributed by atoms with Gasteiger partial charge in [-0.2, -0.15) is 0 Å². The molecule has 3 aromatic rings. The monoisotopic (exact) mass is 326 g/mol. The highest BCUT2D eigenvalue weighted by molar-refractivity contribution is 7.98. The Morgan fingerprint density at radius 3 is 2.39 bits per heavy atom. The lowest BCUT2D eigenvalue weighted by molar-refractivity contribution is 0.294. The molecule has 23 heavy (non-hydrogen) atoms. The lowest BCUT2D eigenvalue weighted by Crippen LogP contribution is -2.11. The molecule has 1 aromatic heterocycles. The van der Waals surface area contributed by atoms with Gasteiger partial charge in [0.15, 0.2) is 5.16 Å². The van der Waals surface area contributed by atoms with E-state index in [4.69, 9.17) is 10.5 Å². The summed E-state index contributed by atoms with van der Waals surface area (Å²) < 4.78 is 7.60. The normalized spacial score (nSPS) is 10.6. The van der Waals surface area contributed by atoms with Crippen LogP contribution in [0.15, 0.2) is 65.8 Å². The van der Waals surface area contributed by atoms with Gasteiger partial charge < -0.3 is 10.5 Å². The Labute approximate surface area is 139 Å². The summed E-state index contributed by atoms with van der Waals surface area (Å²) >= 11 is 1.62. The van der Waals surface area contributed by atoms with Gasteiger partial charge in [0.1, 0.15) is 12.4 Å². The predicted molar refractivity (Wildman–Crippen MR) is 92.4 cm³/mol. The van der Waals surface area contributed by atoms with Gasteiger partial charge >= 0.3 is 0 Å². The molecule has 0 amide bonds. The maximum Gasteiger partial charge on any atom is 0.222 e. The first-order valence-electron chi connectivity index (χ1n) is 7.36. The van der Waals surface area contributed by atoms with Crippen molar-refractivity contribution in [2.45, 2.75) is 17.5 Å². The Balaban J connectivity index is 1.58. The Hall–Kier alpha value is -2.47. The molecule has 5 nitrogen and oxygen atoms in total. The van der Waals surface area contributed by atoms with Crippen molar-refractivity contribution in [2.75, 3.05) is 12.3 Å². The molecule has 0 saturated heterocycles. The zero-order chi connectivity index (χ0) is 15.9. The van der Waals surface area contributed by atoms with Gasteiger partial charge in [0, 0.05) is 5.75 Å². The van der Waals surface area contributed by atoms with Crippen LogP contribution in [0.5, 0.6) is 5.75 Å². The topological polar surface area (TPSA) is 66.0 Å². The molecular formula is C17H18N4OS. The first-order chi connectivity index (χ1) is 11.3. The third kappa shape index (κ3) is 4.26. The molecule has 0 bridgehead atoms. The summed E-state index contributed by atoms with van der Waals surface area (Å²) in [5, 5.41) is 8.93. The van der Waals surface area contributed by atoms with Crippen molar-refractivity contribution in [3.8, 4) is 5.75 Å². The second-order valence-electron chi connectivity index (χ2n) is 4.93. The van der Waals surface area contributed by atoms with Crippen LogP contribution in [-0.2, 0) is 12.3 Å². The first kappa shape index (κ1) is 15.4. The van der Waals surface area contributed by atoms with Crippen molar-refractivity contribution in [1.82, 2.24) is 14.8 Å². The molecule has 0 unspecified atom stereocenters. The van der Waals surface area contributed by atoms with Gasteiger partial charge in [-0.05, 0) is 17.7 Å². The third-order valence-electron chi connectivity index (χ3n) is 3.28. The molecule has 0 spiro atoms. The van der Waals surface area contributed by atoms with Crippen LogP contribution in [0.1, 0.15) is 5.56 Å². The fourth-order valence-corrected chi connectivity index (χ4v) is 3.04. The second kappa shape index (κ2) is 7.69. The number of hydrogen-bond donors (Lipinski definition) is 1. The van der Waals surface area contributed by atoms with Crippen LogP contribution in [0.3, 0.4) is 0 Å². The number of nitrogen functional groups attached to an aromatic ring is 1. The van der Waals surface area contributed by atoms with Gasteiger partial charge in [-0.3, -0.25) is 4.57 Å². The number of benzene rings is 2. The zero-order valence-electron chi connectivity index (χ0n) is 12.6. The standard InChI is InChI=1S/C17H18N4OS/c18-16-19-20-17(23-13-14-7-3-1-4-8-14)21(16)11-12-22-15-9-5-2-6-10-15/h1-10H,11-13H2,(H2,18,19). The van der Waals surface area contributed by atoms with Crippen molar-refractivity contribution >= 4 is 17.7 Å². The van der Waals surface area contributed by atoms with E-state index in [1.807, 2.05) is 53.1 Å². The van der Waals surface area contributed by atoms with E-state index in [1.165, 1.54) is 5.56 Å². The highest BCUT2D eigenvalue weighted by atomic mass is 32.2. The van der Waals surface area contributed by atoms with Crippen molar-refractivity contribution < 1.29 is 4.74 Å². The quantitative estimate of drug-likeness (QED) is 0.675. The Morgan fingerprint density at radius 1 is 0.957 bits per heavy atom. The van der Waals surface area contributed by atoms with Crippen LogP contribution < -0.4 is 10.5 Å². The molecule has 0 atom stereocenters. The Kier molecular flexibility index (Phi) is 5.16. The van der Waals surface area contributed by atoms with Crippen LogP contribution in [0.25, 0.3) is 0 Å². The highest BCUT2D eigenvalue weighted by Gasteiger charge is 2.10. The van der Waals surface area contributed by atoms with Gasteiger partial charge in [-0.1, -0.05) is 60.3 Å². The first-order valence-corrected chi connectivity index (χ1v) is 8.35. The van der Waals surface area contributed by atoms with Crippen LogP contribution >= 0.6 is 11.8 Å². The molecule has 0 radical (unpaired) electrons. The molecule has 6 heteroatoms. The molecule has 0 aliphatic carbocycles. The minimum atomic E-state index is 0.414.